The van der Waals surface area contributed by atoms with Gasteiger partial charge in [0.1, 0.15) is 10.6 Å². The van der Waals surface area contributed by atoms with Crippen LogP contribution in [-0.4, -0.2) is 35.2 Å². The maximum Gasteiger partial charge on any atom is 0.164 e. The molecule has 0 aliphatic carbocycles. The second-order valence-corrected chi connectivity index (χ2v) is 6.78. The van der Waals surface area contributed by atoms with Gasteiger partial charge < -0.3 is 10.1 Å². The molecule has 6 heteroatoms. The first-order valence-corrected chi connectivity index (χ1v) is 9.17. The molecule has 1 N–H and O–H groups in total. The largest absolute Gasteiger partial charge is 0.383 e. The molecule has 3 heterocycles. The van der Waals surface area contributed by atoms with E-state index < -0.39 is 0 Å². The SMILES string of the molecule is COCCNc1nc(-c2cccnc2)nc2sc(-c3ccccc3)cc12. The summed E-state index contributed by atoms with van der Waals surface area (Å²) in [6, 6.07) is 16.3. The molecule has 3 aromatic heterocycles. The van der Waals surface area contributed by atoms with Gasteiger partial charge >= 0.3 is 0 Å². The third kappa shape index (κ3) is 3.42. The minimum Gasteiger partial charge on any atom is -0.383 e. The zero-order valence-electron chi connectivity index (χ0n) is 14.3. The number of methoxy groups -OCH3 is 1. The molecule has 130 valence electrons. The highest BCUT2D eigenvalue weighted by molar-refractivity contribution is 7.21. The topological polar surface area (TPSA) is 59.9 Å². The molecule has 0 saturated heterocycles. The average molecular weight is 362 g/mol. The van der Waals surface area contributed by atoms with Crippen LogP contribution in [0.3, 0.4) is 0 Å². The summed E-state index contributed by atoms with van der Waals surface area (Å²) in [5.41, 5.74) is 2.08. The lowest BCUT2D eigenvalue weighted by Gasteiger charge is -2.08. The first-order valence-electron chi connectivity index (χ1n) is 8.35. The van der Waals surface area contributed by atoms with Gasteiger partial charge in [0, 0.05) is 36.5 Å². The number of nitrogens with zero attached hydrogens (tertiary/aromatic N) is 3. The summed E-state index contributed by atoms with van der Waals surface area (Å²) in [7, 11) is 1.69. The van der Waals surface area contributed by atoms with Gasteiger partial charge in [-0.15, -0.1) is 11.3 Å². The number of pyridine rings is 1. The molecule has 0 spiro atoms. The number of aromatic nitrogens is 3. The molecule has 0 unspecified atom stereocenters. The zero-order valence-corrected chi connectivity index (χ0v) is 15.2. The summed E-state index contributed by atoms with van der Waals surface area (Å²) in [4.78, 5) is 15.8. The number of hydrogen-bond acceptors (Lipinski definition) is 6. The van der Waals surface area contributed by atoms with Gasteiger partial charge in [-0.2, -0.15) is 0 Å². The number of rotatable bonds is 6. The summed E-state index contributed by atoms with van der Waals surface area (Å²) in [5, 5.41) is 4.40. The molecule has 0 fully saturated rings. The Morgan fingerprint density at radius 1 is 1.04 bits per heavy atom. The number of anilines is 1. The summed E-state index contributed by atoms with van der Waals surface area (Å²) in [6.45, 7) is 1.30. The molecule has 0 saturated carbocycles. The number of nitrogens with one attached hydrogen (secondary N) is 1. The summed E-state index contributed by atoms with van der Waals surface area (Å²) in [6.07, 6.45) is 3.53. The number of thiophene rings is 1. The molecular formula is C20H18N4OS. The second-order valence-electron chi connectivity index (χ2n) is 5.75. The van der Waals surface area contributed by atoms with Crippen LogP contribution in [0.25, 0.3) is 32.0 Å². The Labute approximate surface area is 155 Å². The molecule has 4 aromatic rings. The van der Waals surface area contributed by atoms with E-state index in [9.17, 15) is 0 Å². The Morgan fingerprint density at radius 3 is 2.65 bits per heavy atom. The van der Waals surface area contributed by atoms with Gasteiger partial charge in [0.2, 0.25) is 0 Å². The van der Waals surface area contributed by atoms with E-state index in [0.717, 1.165) is 21.6 Å². The van der Waals surface area contributed by atoms with E-state index in [1.54, 1.807) is 30.8 Å². The minimum absolute atomic E-state index is 0.614. The molecular weight excluding hydrogens is 344 g/mol. The van der Waals surface area contributed by atoms with Crippen molar-refractivity contribution in [3.8, 4) is 21.8 Å². The van der Waals surface area contributed by atoms with Crippen molar-refractivity contribution in [3.05, 3.63) is 60.9 Å². The van der Waals surface area contributed by atoms with Gasteiger partial charge in [-0.05, 0) is 23.8 Å². The lowest BCUT2D eigenvalue weighted by Crippen LogP contribution is -2.09. The van der Waals surface area contributed by atoms with E-state index in [-0.39, 0.29) is 0 Å². The van der Waals surface area contributed by atoms with Crippen LogP contribution in [0, 0.1) is 0 Å². The molecule has 0 amide bonds. The van der Waals surface area contributed by atoms with Crippen LogP contribution in [0.2, 0.25) is 0 Å². The number of hydrogen-bond donors (Lipinski definition) is 1. The van der Waals surface area contributed by atoms with Crippen molar-refractivity contribution in [3.63, 3.8) is 0 Å². The van der Waals surface area contributed by atoms with Crippen molar-refractivity contribution in [2.75, 3.05) is 25.6 Å². The van der Waals surface area contributed by atoms with E-state index in [1.807, 2.05) is 30.3 Å². The molecule has 5 nitrogen and oxygen atoms in total. The monoisotopic (exact) mass is 362 g/mol. The van der Waals surface area contributed by atoms with Gasteiger partial charge in [0.25, 0.3) is 0 Å². The molecule has 0 atom stereocenters. The number of benzene rings is 1. The van der Waals surface area contributed by atoms with Crippen molar-refractivity contribution in [1.29, 1.82) is 0 Å². The van der Waals surface area contributed by atoms with Crippen molar-refractivity contribution >= 4 is 27.4 Å². The minimum atomic E-state index is 0.614. The van der Waals surface area contributed by atoms with Crippen LogP contribution in [0.15, 0.2) is 60.9 Å². The van der Waals surface area contributed by atoms with E-state index in [0.29, 0.717) is 19.0 Å². The van der Waals surface area contributed by atoms with Gasteiger partial charge in [0.15, 0.2) is 5.82 Å². The Balaban J connectivity index is 1.82. The maximum absolute atomic E-state index is 5.15. The molecule has 4 rings (SSSR count). The number of ether oxygens (including phenoxy) is 1. The average Bonchev–Trinajstić information content (AvgIpc) is 3.14. The standard InChI is InChI=1S/C20H18N4OS/c1-25-11-10-22-19-16-12-17(14-6-3-2-4-7-14)26-20(16)24-18(23-19)15-8-5-9-21-13-15/h2-9,12-13H,10-11H2,1H3,(H,22,23,24). The highest BCUT2D eigenvalue weighted by Gasteiger charge is 2.14. The van der Waals surface area contributed by atoms with E-state index >= 15 is 0 Å². The molecule has 26 heavy (non-hydrogen) atoms. The first-order chi connectivity index (χ1) is 12.8. The fraction of sp³-hybridized carbons (Fsp3) is 0.150. The fourth-order valence-corrected chi connectivity index (χ4v) is 3.73. The second kappa shape index (κ2) is 7.59. The maximum atomic E-state index is 5.15. The third-order valence-electron chi connectivity index (χ3n) is 3.97. The third-order valence-corrected chi connectivity index (χ3v) is 5.05. The smallest absolute Gasteiger partial charge is 0.164 e. The Kier molecular flexibility index (Phi) is 4.86. The van der Waals surface area contributed by atoms with Crippen molar-refractivity contribution in [2.24, 2.45) is 0 Å². The van der Waals surface area contributed by atoms with Crippen molar-refractivity contribution in [1.82, 2.24) is 15.0 Å². The van der Waals surface area contributed by atoms with Crippen molar-refractivity contribution in [2.45, 2.75) is 0 Å². The number of fused-ring (bicyclic) bond motifs is 1. The van der Waals surface area contributed by atoms with E-state index in [1.165, 1.54) is 10.4 Å². The normalized spacial score (nSPS) is 11.0. The first kappa shape index (κ1) is 16.6. The Bertz CT molecular complexity index is 1000. The van der Waals surface area contributed by atoms with Crippen LogP contribution in [0.1, 0.15) is 0 Å². The molecule has 0 aliphatic rings. The lowest BCUT2D eigenvalue weighted by atomic mass is 10.2. The molecule has 1 aromatic carbocycles. The van der Waals surface area contributed by atoms with Crippen LogP contribution < -0.4 is 5.32 Å². The van der Waals surface area contributed by atoms with Gasteiger partial charge in [-0.1, -0.05) is 30.3 Å². The van der Waals surface area contributed by atoms with Gasteiger partial charge in [0.05, 0.1) is 12.0 Å². The van der Waals surface area contributed by atoms with E-state index in [2.05, 4.69) is 28.5 Å². The fourth-order valence-electron chi connectivity index (χ4n) is 2.70. The lowest BCUT2D eigenvalue weighted by molar-refractivity contribution is 0.210. The molecule has 0 bridgehead atoms. The Hall–Kier alpha value is -2.83. The predicted octanol–water partition coefficient (Wildman–Crippen LogP) is 4.48. The van der Waals surface area contributed by atoms with Gasteiger partial charge in [-0.3, -0.25) is 4.98 Å². The Morgan fingerprint density at radius 2 is 1.88 bits per heavy atom. The van der Waals surface area contributed by atoms with Crippen molar-refractivity contribution < 1.29 is 4.74 Å². The zero-order chi connectivity index (χ0) is 17.8. The highest BCUT2D eigenvalue weighted by atomic mass is 32.1. The van der Waals surface area contributed by atoms with Gasteiger partial charge in [-0.25, -0.2) is 9.97 Å². The van der Waals surface area contributed by atoms with Crippen LogP contribution in [0.4, 0.5) is 5.82 Å². The summed E-state index contributed by atoms with van der Waals surface area (Å²) >= 11 is 1.67. The van der Waals surface area contributed by atoms with Crippen LogP contribution in [-0.2, 0) is 4.74 Å². The summed E-state index contributed by atoms with van der Waals surface area (Å²) < 4.78 is 5.15. The highest BCUT2D eigenvalue weighted by Crippen LogP contribution is 2.36. The molecule has 0 aliphatic heterocycles. The molecule has 0 radical (unpaired) electrons. The van der Waals surface area contributed by atoms with E-state index in [4.69, 9.17) is 14.7 Å². The summed E-state index contributed by atoms with van der Waals surface area (Å²) in [5.74, 6) is 1.50. The van der Waals surface area contributed by atoms with Crippen LogP contribution >= 0.6 is 11.3 Å². The quantitative estimate of drug-likeness (QED) is 0.513. The predicted molar refractivity (Wildman–Crippen MR) is 106 cm³/mol. The van der Waals surface area contributed by atoms with Crippen LogP contribution in [0.5, 0.6) is 0 Å².